The molecule has 1 aliphatic heterocycles. The zero-order valence-corrected chi connectivity index (χ0v) is 25.7. The number of sulfonamides is 1. The number of benzene rings is 4. The second-order valence-electron chi connectivity index (χ2n) is 10.7. The minimum Gasteiger partial charge on any atom is -0.398 e. The van der Waals surface area contributed by atoms with E-state index in [1.54, 1.807) is 54.4 Å². The summed E-state index contributed by atoms with van der Waals surface area (Å²) in [6, 6.07) is 31.2. The Labute approximate surface area is 261 Å². The van der Waals surface area contributed by atoms with Gasteiger partial charge in [-0.3, -0.25) is 9.71 Å². The number of nitrogens with zero attached hydrogens (tertiary/aromatic N) is 1. The van der Waals surface area contributed by atoms with Crippen molar-refractivity contribution in [2.75, 3.05) is 16.2 Å². The number of hydrogen-bond acceptors (Lipinski definition) is 8. The Kier molecular flexibility index (Phi) is 8.88. The summed E-state index contributed by atoms with van der Waals surface area (Å²) in [5.41, 5.74) is 10.2. The van der Waals surface area contributed by atoms with Crippen molar-refractivity contribution in [3.63, 3.8) is 0 Å². The number of aromatic nitrogens is 1. The molecule has 44 heavy (non-hydrogen) atoms. The standard InChI is InChI=1S/C34H33N3O5S2/c1-22-29(21-43-30-12-3-2-11-28(30)35)41-34(42-33(22)25-16-14-23(20-38)15-17-25)26-8-4-10-27(19-26)37-44(39,40)31-13-5-7-24-9-6-18-36-32(24)31/h2-19,22,29,33-34,37-38H,20-21,35H2,1H3. The summed E-state index contributed by atoms with van der Waals surface area (Å²) in [4.78, 5) is 5.39. The SMILES string of the molecule is CC1C(CSc2ccccc2N)OC(c2cccc(NS(=O)(=O)c3cccc4cccnc34)c2)OC1c1ccc(CO)cc1. The van der Waals surface area contributed by atoms with Crippen LogP contribution in [-0.4, -0.2) is 30.4 Å². The molecule has 0 radical (unpaired) electrons. The van der Waals surface area contributed by atoms with Gasteiger partial charge in [0.25, 0.3) is 10.0 Å². The molecule has 0 aliphatic carbocycles. The fourth-order valence-electron chi connectivity index (χ4n) is 5.35. The number of hydrogen-bond donors (Lipinski definition) is 3. The molecule has 1 aliphatic rings. The Morgan fingerprint density at radius 3 is 2.48 bits per heavy atom. The lowest BCUT2D eigenvalue weighted by atomic mass is 9.91. The van der Waals surface area contributed by atoms with Gasteiger partial charge in [0.1, 0.15) is 4.90 Å². The molecule has 8 nitrogen and oxygen atoms in total. The zero-order valence-electron chi connectivity index (χ0n) is 24.0. The number of thioether (sulfide) groups is 1. The lowest BCUT2D eigenvalue weighted by Gasteiger charge is -2.41. The Morgan fingerprint density at radius 2 is 1.68 bits per heavy atom. The van der Waals surface area contributed by atoms with Gasteiger partial charge < -0.3 is 20.3 Å². The highest BCUT2D eigenvalue weighted by atomic mass is 32.2. The van der Waals surface area contributed by atoms with Gasteiger partial charge in [-0.1, -0.05) is 73.7 Å². The molecule has 0 bridgehead atoms. The molecule has 4 aromatic carbocycles. The number of nitrogen functional groups attached to an aromatic ring is 1. The Morgan fingerprint density at radius 1 is 0.909 bits per heavy atom. The second-order valence-corrected chi connectivity index (χ2v) is 13.4. The Hall–Kier alpha value is -3.93. The highest BCUT2D eigenvalue weighted by molar-refractivity contribution is 7.99. The first-order valence-electron chi connectivity index (χ1n) is 14.3. The monoisotopic (exact) mass is 627 g/mol. The van der Waals surface area contributed by atoms with Crippen LogP contribution in [0.4, 0.5) is 11.4 Å². The van der Waals surface area contributed by atoms with Crippen LogP contribution in [0.15, 0.2) is 119 Å². The van der Waals surface area contributed by atoms with E-state index in [0.29, 0.717) is 28.2 Å². The molecule has 6 rings (SSSR count). The summed E-state index contributed by atoms with van der Waals surface area (Å²) in [5, 5.41) is 10.3. The summed E-state index contributed by atoms with van der Waals surface area (Å²) >= 11 is 1.63. The largest absolute Gasteiger partial charge is 0.398 e. The predicted molar refractivity (Wildman–Crippen MR) is 174 cm³/mol. The maximum Gasteiger partial charge on any atom is 0.264 e. The number of aliphatic hydroxyl groups excluding tert-OH is 1. The summed E-state index contributed by atoms with van der Waals surface area (Å²) in [6.45, 7) is 2.06. The lowest BCUT2D eigenvalue weighted by Crippen LogP contribution is -2.38. The van der Waals surface area contributed by atoms with Gasteiger partial charge in [-0.05, 0) is 47.5 Å². The second kappa shape index (κ2) is 13.0. The highest BCUT2D eigenvalue weighted by Gasteiger charge is 2.38. The van der Waals surface area contributed by atoms with Crippen molar-refractivity contribution in [3.05, 3.63) is 126 Å². The minimum absolute atomic E-state index is 0.00999. The molecule has 1 aromatic heterocycles. The third-order valence-corrected chi connectivity index (χ3v) is 10.3. The first-order valence-corrected chi connectivity index (χ1v) is 16.7. The van der Waals surface area contributed by atoms with E-state index in [-0.39, 0.29) is 29.6 Å². The molecule has 4 N–H and O–H groups in total. The molecule has 10 heteroatoms. The van der Waals surface area contributed by atoms with E-state index >= 15 is 0 Å². The molecule has 2 heterocycles. The van der Waals surface area contributed by atoms with E-state index in [1.807, 2.05) is 66.7 Å². The third kappa shape index (κ3) is 6.45. The first kappa shape index (κ1) is 30.1. The van der Waals surface area contributed by atoms with Gasteiger partial charge in [0, 0.05) is 45.1 Å². The number of aliphatic hydroxyl groups is 1. The van der Waals surface area contributed by atoms with Crippen LogP contribution in [0.5, 0.6) is 0 Å². The molecule has 5 aromatic rings. The van der Waals surface area contributed by atoms with Gasteiger partial charge in [-0.2, -0.15) is 0 Å². The molecular weight excluding hydrogens is 595 g/mol. The molecule has 1 fully saturated rings. The summed E-state index contributed by atoms with van der Waals surface area (Å²) in [6.07, 6.45) is 0.316. The first-order chi connectivity index (χ1) is 21.3. The van der Waals surface area contributed by atoms with E-state index in [0.717, 1.165) is 21.4 Å². The van der Waals surface area contributed by atoms with Crippen LogP contribution in [0.1, 0.15) is 36.0 Å². The van der Waals surface area contributed by atoms with E-state index in [4.69, 9.17) is 15.2 Å². The van der Waals surface area contributed by atoms with Crippen molar-refractivity contribution >= 4 is 44.1 Å². The third-order valence-electron chi connectivity index (χ3n) is 7.74. The minimum atomic E-state index is -3.94. The molecule has 0 spiro atoms. The molecule has 1 saturated heterocycles. The van der Waals surface area contributed by atoms with Crippen LogP contribution in [0.3, 0.4) is 0 Å². The number of rotatable bonds is 9. The lowest BCUT2D eigenvalue weighted by molar-refractivity contribution is -0.268. The number of nitrogens with one attached hydrogen (secondary N) is 1. The van der Waals surface area contributed by atoms with Crippen molar-refractivity contribution in [2.45, 2.75) is 41.8 Å². The quantitative estimate of drug-likeness (QED) is 0.122. The van der Waals surface area contributed by atoms with E-state index in [9.17, 15) is 13.5 Å². The number of pyridine rings is 1. The summed E-state index contributed by atoms with van der Waals surface area (Å²) in [5.74, 6) is 0.630. The zero-order chi connectivity index (χ0) is 30.7. The van der Waals surface area contributed by atoms with Crippen LogP contribution in [0, 0.1) is 5.92 Å². The molecule has 0 saturated carbocycles. The molecule has 4 unspecified atom stereocenters. The fourth-order valence-corrected chi connectivity index (χ4v) is 7.71. The average Bonchev–Trinajstić information content (AvgIpc) is 3.04. The topological polar surface area (TPSA) is 124 Å². The van der Waals surface area contributed by atoms with Crippen molar-refractivity contribution in [1.29, 1.82) is 0 Å². The molecule has 0 amide bonds. The predicted octanol–water partition coefficient (Wildman–Crippen LogP) is 6.69. The Bertz CT molecular complexity index is 1860. The van der Waals surface area contributed by atoms with Gasteiger partial charge in [0.15, 0.2) is 6.29 Å². The van der Waals surface area contributed by atoms with Crippen molar-refractivity contribution in [2.24, 2.45) is 5.92 Å². The molecule has 226 valence electrons. The normalized spacial score (nSPS) is 20.4. The van der Waals surface area contributed by atoms with Crippen LogP contribution in [-0.2, 0) is 26.1 Å². The van der Waals surface area contributed by atoms with Crippen molar-refractivity contribution < 1.29 is 23.0 Å². The number of nitrogens with two attached hydrogens (primary N) is 1. The maximum absolute atomic E-state index is 13.5. The number of fused-ring (bicyclic) bond motifs is 1. The molecule has 4 atom stereocenters. The number of anilines is 2. The summed E-state index contributed by atoms with van der Waals surface area (Å²) < 4.78 is 42.8. The highest BCUT2D eigenvalue weighted by Crippen LogP contribution is 2.43. The van der Waals surface area contributed by atoms with Crippen LogP contribution < -0.4 is 10.5 Å². The maximum atomic E-state index is 13.5. The van der Waals surface area contributed by atoms with Gasteiger partial charge in [-0.25, -0.2) is 8.42 Å². The smallest absolute Gasteiger partial charge is 0.264 e. The van der Waals surface area contributed by atoms with E-state index in [2.05, 4.69) is 16.6 Å². The van der Waals surface area contributed by atoms with Crippen LogP contribution >= 0.6 is 11.8 Å². The van der Waals surface area contributed by atoms with E-state index in [1.165, 1.54) is 0 Å². The molecular formula is C34H33N3O5S2. The van der Waals surface area contributed by atoms with Gasteiger partial charge in [0.05, 0.1) is 24.3 Å². The van der Waals surface area contributed by atoms with Crippen LogP contribution in [0.2, 0.25) is 0 Å². The van der Waals surface area contributed by atoms with Gasteiger partial charge in [0.2, 0.25) is 0 Å². The van der Waals surface area contributed by atoms with Gasteiger partial charge >= 0.3 is 0 Å². The van der Waals surface area contributed by atoms with Crippen LogP contribution in [0.25, 0.3) is 10.9 Å². The Balaban J connectivity index is 1.28. The number of ether oxygens (including phenoxy) is 2. The average molecular weight is 628 g/mol. The van der Waals surface area contributed by atoms with Crippen molar-refractivity contribution in [1.82, 2.24) is 4.98 Å². The van der Waals surface area contributed by atoms with E-state index < -0.39 is 16.3 Å². The van der Waals surface area contributed by atoms with Gasteiger partial charge in [-0.15, -0.1) is 11.8 Å². The summed E-state index contributed by atoms with van der Waals surface area (Å²) in [7, 11) is -3.94. The van der Waals surface area contributed by atoms with Crippen molar-refractivity contribution in [3.8, 4) is 0 Å². The fraction of sp³-hybridized carbons (Fsp3) is 0.206. The number of para-hydroxylation sites is 2.